The normalized spacial score (nSPS) is 19.8. The number of nitrogens with one attached hydrogen (secondary N) is 3. The summed E-state index contributed by atoms with van der Waals surface area (Å²) in [6.07, 6.45) is 2.01. The van der Waals surface area contributed by atoms with E-state index in [0.717, 1.165) is 22.1 Å². The Morgan fingerprint density at radius 2 is 1.92 bits per heavy atom. The summed E-state index contributed by atoms with van der Waals surface area (Å²) in [7, 11) is 0. The molecule has 0 radical (unpaired) electrons. The standard InChI is InChI=1S/C16H13I2N3O3/c17-6-4-7(14(23)8(18)5-6)11-12-9(2-1-3-10(12)22)19-15-13(11)16(24)21-20-15/h4-5,11,23H,1-3H2,(H3,19,20,21,24). The average molecular weight is 549 g/mol. The van der Waals surface area contributed by atoms with Crippen LogP contribution in [-0.2, 0) is 4.79 Å². The number of phenols is 1. The number of hydrogen-bond acceptors (Lipinski definition) is 4. The minimum atomic E-state index is -0.553. The summed E-state index contributed by atoms with van der Waals surface area (Å²) in [6.45, 7) is 0. The van der Waals surface area contributed by atoms with E-state index in [1.165, 1.54) is 0 Å². The van der Waals surface area contributed by atoms with Gasteiger partial charge in [-0.2, -0.15) is 0 Å². The minimum absolute atomic E-state index is 0.0354. The van der Waals surface area contributed by atoms with Crippen LogP contribution >= 0.6 is 45.2 Å². The molecule has 0 saturated carbocycles. The zero-order valence-corrected chi connectivity index (χ0v) is 16.7. The summed E-state index contributed by atoms with van der Waals surface area (Å²) in [5, 5.41) is 19.2. The van der Waals surface area contributed by atoms with Crippen LogP contribution in [0.2, 0.25) is 0 Å². The number of rotatable bonds is 1. The van der Waals surface area contributed by atoms with Gasteiger partial charge in [-0.25, -0.2) is 0 Å². The number of Topliss-reactive ketones (excluding diaryl/α,β-unsaturated/α-hetero) is 1. The molecule has 1 aromatic carbocycles. The summed E-state index contributed by atoms with van der Waals surface area (Å²) < 4.78 is 1.65. The summed E-state index contributed by atoms with van der Waals surface area (Å²) in [4.78, 5) is 25.0. The number of aromatic amines is 2. The second kappa shape index (κ2) is 5.90. The number of ketones is 1. The van der Waals surface area contributed by atoms with Crippen LogP contribution in [0.1, 0.15) is 36.3 Å². The molecule has 4 N–H and O–H groups in total. The van der Waals surface area contributed by atoms with Crippen molar-refractivity contribution in [3.05, 3.63) is 52.0 Å². The van der Waals surface area contributed by atoms with E-state index in [-0.39, 0.29) is 17.1 Å². The molecule has 0 fully saturated rings. The third-order valence-electron chi connectivity index (χ3n) is 4.49. The first-order chi connectivity index (χ1) is 11.5. The van der Waals surface area contributed by atoms with Crippen LogP contribution in [0.15, 0.2) is 28.2 Å². The van der Waals surface area contributed by atoms with Crippen molar-refractivity contribution in [3.8, 4) is 5.75 Å². The fourth-order valence-corrected chi connectivity index (χ4v) is 5.37. The summed E-state index contributed by atoms with van der Waals surface area (Å²) in [5.41, 5.74) is 2.22. The highest BCUT2D eigenvalue weighted by Crippen LogP contribution is 2.46. The molecule has 2 aromatic rings. The average Bonchev–Trinajstić information content (AvgIpc) is 2.90. The van der Waals surface area contributed by atoms with E-state index in [1.807, 2.05) is 12.1 Å². The van der Waals surface area contributed by atoms with Gasteiger partial charge in [0.05, 0.1) is 15.1 Å². The molecule has 1 atom stereocenters. The first-order valence-electron chi connectivity index (χ1n) is 7.49. The number of benzene rings is 1. The Hall–Kier alpha value is -1.30. The van der Waals surface area contributed by atoms with Crippen molar-refractivity contribution < 1.29 is 9.90 Å². The number of halogens is 2. The number of aromatic nitrogens is 2. The molecule has 124 valence electrons. The molecule has 24 heavy (non-hydrogen) atoms. The lowest BCUT2D eigenvalue weighted by Crippen LogP contribution is -2.29. The van der Waals surface area contributed by atoms with Crippen molar-refractivity contribution in [1.29, 1.82) is 0 Å². The Labute approximate surface area is 164 Å². The first-order valence-corrected chi connectivity index (χ1v) is 9.65. The quantitative estimate of drug-likeness (QED) is 0.411. The third kappa shape index (κ3) is 2.41. The van der Waals surface area contributed by atoms with Gasteiger partial charge in [0, 0.05) is 26.8 Å². The Kier molecular flexibility index (Phi) is 3.98. The zero-order chi connectivity index (χ0) is 17.0. The van der Waals surface area contributed by atoms with E-state index in [0.29, 0.717) is 32.5 Å². The van der Waals surface area contributed by atoms with Gasteiger partial charge < -0.3 is 10.4 Å². The van der Waals surface area contributed by atoms with E-state index in [4.69, 9.17) is 0 Å². The molecule has 1 aromatic heterocycles. The Morgan fingerprint density at radius 3 is 2.71 bits per heavy atom. The summed E-state index contributed by atoms with van der Waals surface area (Å²) in [6, 6.07) is 3.71. The van der Waals surface area contributed by atoms with Crippen LogP contribution in [0.25, 0.3) is 0 Å². The molecule has 1 unspecified atom stereocenters. The molecular weight excluding hydrogens is 536 g/mol. The van der Waals surface area contributed by atoms with Crippen molar-refractivity contribution in [3.63, 3.8) is 0 Å². The lowest BCUT2D eigenvalue weighted by Gasteiger charge is -2.31. The van der Waals surface area contributed by atoms with Crippen molar-refractivity contribution >= 4 is 56.8 Å². The second-order valence-corrected chi connectivity index (χ2v) is 8.33. The van der Waals surface area contributed by atoms with E-state index < -0.39 is 5.92 Å². The lowest BCUT2D eigenvalue weighted by molar-refractivity contribution is -0.116. The van der Waals surface area contributed by atoms with Crippen LogP contribution in [0.4, 0.5) is 5.82 Å². The molecule has 4 rings (SSSR count). The van der Waals surface area contributed by atoms with E-state index >= 15 is 0 Å². The Balaban J connectivity index is 2.04. The number of hydrogen-bond donors (Lipinski definition) is 4. The van der Waals surface area contributed by atoms with Crippen molar-refractivity contribution in [2.75, 3.05) is 5.32 Å². The number of anilines is 1. The second-order valence-electron chi connectivity index (χ2n) is 5.92. The molecule has 1 aliphatic heterocycles. The van der Waals surface area contributed by atoms with Crippen molar-refractivity contribution in [2.45, 2.75) is 25.2 Å². The smallest absolute Gasteiger partial charge is 0.270 e. The van der Waals surface area contributed by atoms with Crippen molar-refractivity contribution in [2.24, 2.45) is 0 Å². The van der Waals surface area contributed by atoms with Crippen LogP contribution in [-0.4, -0.2) is 21.1 Å². The maximum absolute atomic E-state index is 12.6. The fourth-order valence-electron chi connectivity index (χ4n) is 3.48. The number of carbonyl (C=O) groups is 1. The van der Waals surface area contributed by atoms with Gasteiger partial charge >= 0.3 is 0 Å². The fraction of sp³-hybridized carbons (Fsp3) is 0.250. The first kappa shape index (κ1) is 16.2. The van der Waals surface area contributed by atoms with Gasteiger partial charge in [0.25, 0.3) is 5.56 Å². The topological polar surface area (TPSA) is 98.0 Å². The molecule has 0 bridgehead atoms. The van der Waals surface area contributed by atoms with Crippen LogP contribution in [0.3, 0.4) is 0 Å². The van der Waals surface area contributed by atoms with Crippen LogP contribution in [0, 0.1) is 7.14 Å². The van der Waals surface area contributed by atoms with Crippen LogP contribution < -0.4 is 10.9 Å². The van der Waals surface area contributed by atoms with Gasteiger partial charge in [0.2, 0.25) is 0 Å². The summed E-state index contributed by atoms with van der Waals surface area (Å²) in [5.74, 6) is 0.182. The molecule has 6 nitrogen and oxygen atoms in total. The molecule has 0 spiro atoms. The molecule has 1 aliphatic carbocycles. The predicted octanol–water partition coefficient (Wildman–Crippen LogP) is 3.18. The SMILES string of the molecule is O=C1CCCC2=C1C(c1cc(I)cc(I)c1O)c1c([nH][nH]c1=O)N2. The highest BCUT2D eigenvalue weighted by Gasteiger charge is 2.39. The van der Waals surface area contributed by atoms with Gasteiger partial charge in [0.1, 0.15) is 11.6 Å². The largest absolute Gasteiger partial charge is 0.507 e. The third-order valence-corrected chi connectivity index (χ3v) is 5.94. The lowest BCUT2D eigenvalue weighted by atomic mass is 9.76. The molecule has 0 amide bonds. The van der Waals surface area contributed by atoms with Gasteiger partial charge in [-0.3, -0.25) is 19.8 Å². The highest BCUT2D eigenvalue weighted by molar-refractivity contribution is 14.1. The molecule has 2 heterocycles. The van der Waals surface area contributed by atoms with E-state index in [1.54, 1.807) is 0 Å². The zero-order valence-electron chi connectivity index (χ0n) is 12.4. The maximum atomic E-state index is 12.6. The predicted molar refractivity (Wildman–Crippen MR) is 106 cm³/mol. The molecular formula is C16H13I2N3O3. The van der Waals surface area contributed by atoms with Gasteiger partial charge in [-0.05, 0) is 70.2 Å². The summed E-state index contributed by atoms with van der Waals surface area (Å²) >= 11 is 4.24. The molecule has 8 heteroatoms. The number of phenolic OH excluding ortho intramolecular Hbond substituents is 1. The molecule has 0 saturated heterocycles. The number of carbonyl (C=O) groups excluding carboxylic acids is 1. The Bertz CT molecular complexity index is 958. The van der Waals surface area contributed by atoms with E-state index in [2.05, 4.69) is 60.7 Å². The van der Waals surface area contributed by atoms with E-state index in [9.17, 15) is 14.7 Å². The maximum Gasteiger partial charge on any atom is 0.270 e. The molecule has 2 aliphatic rings. The minimum Gasteiger partial charge on any atom is -0.507 e. The van der Waals surface area contributed by atoms with Crippen LogP contribution in [0.5, 0.6) is 5.75 Å². The number of allylic oxidation sites excluding steroid dienone is 2. The highest BCUT2D eigenvalue weighted by atomic mass is 127. The van der Waals surface area contributed by atoms with Gasteiger partial charge in [0.15, 0.2) is 5.78 Å². The number of H-pyrrole nitrogens is 2. The van der Waals surface area contributed by atoms with Crippen molar-refractivity contribution in [1.82, 2.24) is 10.2 Å². The monoisotopic (exact) mass is 549 g/mol. The van der Waals surface area contributed by atoms with Gasteiger partial charge in [-0.1, -0.05) is 0 Å². The number of aromatic hydroxyl groups is 1. The Morgan fingerprint density at radius 1 is 1.12 bits per heavy atom. The number of fused-ring (bicyclic) bond motifs is 1. The van der Waals surface area contributed by atoms with Gasteiger partial charge in [-0.15, -0.1) is 0 Å².